The second kappa shape index (κ2) is 5.17. The first kappa shape index (κ1) is 13.2. The van der Waals surface area contributed by atoms with Crippen LogP contribution in [-0.2, 0) is 9.53 Å². The van der Waals surface area contributed by atoms with Crippen molar-refractivity contribution in [3.63, 3.8) is 0 Å². The summed E-state index contributed by atoms with van der Waals surface area (Å²) in [7, 11) is 0. The van der Waals surface area contributed by atoms with Crippen molar-refractivity contribution in [2.24, 2.45) is 5.73 Å². The number of amides is 1. The van der Waals surface area contributed by atoms with Gasteiger partial charge in [0.15, 0.2) is 6.10 Å². The van der Waals surface area contributed by atoms with Crippen LogP contribution in [0.2, 0.25) is 0 Å². The van der Waals surface area contributed by atoms with Crippen LogP contribution < -0.4 is 10.6 Å². The summed E-state index contributed by atoms with van der Waals surface area (Å²) in [4.78, 5) is 11.7. The average molecular weight is 257 g/mol. The topological polar surface area (TPSA) is 117 Å². The third-order valence-electron chi connectivity index (χ3n) is 3.18. The van der Waals surface area contributed by atoms with E-state index in [0.717, 1.165) is 0 Å². The number of primary amides is 1. The molecule has 18 heavy (non-hydrogen) atoms. The van der Waals surface area contributed by atoms with Gasteiger partial charge < -0.3 is 25.8 Å². The molecule has 0 aliphatic carbocycles. The summed E-state index contributed by atoms with van der Waals surface area (Å²) < 4.78 is 5.39. The van der Waals surface area contributed by atoms with E-state index in [1.165, 1.54) is 0 Å². The molecule has 7 nitrogen and oxygen atoms in total. The number of quaternary nitrogens is 1. The Morgan fingerprint density at radius 2 is 2.22 bits per heavy atom. The summed E-state index contributed by atoms with van der Waals surface area (Å²) in [6, 6.07) is 0. The molecule has 2 aliphatic rings. The van der Waals surface area contributed by atoms with Crippen molar-refractivity contribution >= 4 is 5.91 Å². The first-order valence-corrected chi connectivity index (χ1v) is 5.70. The van der Waals surface area contributed by atoms with Gasteiger partial charge in [-0.25, -0.2) is 0 Å². The van der Waals surface area contributed by atoms with Crippen LogP contribution in [0.1, 0.15) is 0 Å². The zero-order valence-corrected chi connectivity index (χ0v) is 9.69. The van der Waals surface area contributed by atoms with Crippen LogP contribution in [0.5, 0.6) is 0 Å². The van der Waals surface area contributed by atoms with Gasteiger partial charge in [-0.3, -0.25) is 9.69 Å². The van der Waals surface area contributed by atoms with Crippen molar-refractivity contribution in [3.8, 4) is 0 Å². The van der Waals surface area contributed by atoms with Gasteiger partial charge in [0.2, 0.25) is 6.23 Å². The number of carbonyl (C=O) groups excluding carboxylic acids is 1. The van der Waals surface area contributed by atoms with Crippen molar-refractivity contribution < 1.29 is 29.8 Å². The molecule has 0 aromatic carbocycles. The third-order valence-corrected chi connectivity index (χ3v) is 3.18. The summed E-state index contributed by atoms with van der Waals surface area (Å²) in [6.07, 6.45) is 1.11. The van der Waals surface area contributed by atoms with Crippen molar-refractivity contribution in [2.45, 2.75) is 24.5 Å². The fourth-order valence-corrected chi connectivity index (χ4v) is 2.19. The highest BCUT2D eigenvalue weighted by atomic mass is 16.6. The van der Waals surface area contributed by atoms with Gasteiger partial charge in [-0.2, -0.15) is 0 Å². The van der Waals surface area contributed by atoms with Crippen LogP contribution in [0, 0.1) is 0 Å². The van der Waals surface area contributed by atoms with Crippen LogP contribution in [0.4, 0.5) is 0 Å². The highest BCUT2D eigenvalue weighted by Crippen LogP contribution is 2.17. The summed E-state index contributed by atoms with van der Waals surface area (Å²) >= 11 is 0. The molecule has 1 amide bonds. The first-order valence-electron chi connectivity index (χ1n) is 5.70. The fraction of sp³-hybridized carbons (Fsp3) is 0.545. The summed E-state index contributed by atoms with van der Waals surface area (Å²) in [6.45, 7) is 0.133. The predicted molar refractivity (Wildman–Crippen MR) is 60.0 cm³/mol. The van der Waals surface area contributed by atoms with Crippen LogP contribution >= 0.6 is 0 Å². The molecular weight excluding hydrogens is 240 g/mol. The Morgan fingerprint density at radius 1 is 1.50 bits per heavy atom. The molecule has 0 spiro atoms. The zero-order valence-electron chi connectivity index (χ0n) is 9.69. The Bertz CT molecular complexity index is 395. The number of nitrogens with one attached hydrogen (secondary N) is 1. The van der Waals surface area contributed by atoms with Crippen LogP contribution in [0.15, 0.2) is 23.9 Å². The third kappa shape index (κ3) is 2.31. The highest BCUT2D eigenvalue weighted by Gasteiger charge is 2.47. The van der Waals surface area contributed by atoms with Crippen molar-refractivity contribution in [3.05, 3.63) is 23.9 Å². The standard InChI is InChI=1S/C11H16N2O5/c12-10(17)6-2-1-3-13(4-6)11-9(16)8(15)7(5-14)18-11/h1-2,4,7-9,11,14-16H,3,5H2,(H2,12,17)/p+1. The number of aliphatic hydroxyl groups excluding tert-OH is 3. The van der Waals surface area contributed by atoms with E-state index in [1.54, 1.807) is 18.4 Å². The van der Waals surface area contributed by atoms with Crippen LogP contribution in [-0.4, -0.2) is 58.9 Å². The molecule has 0 bridgehead atoms. The number of nitrogens with two attached hydrogens (primary N) is 1. The molecule has 5 atom stereocenters. The van der Waals surface area contributed by atoms with Crippen LogP contribution in [0.3, 0.4) is 0 Å². The van der Waals surface area contributed by atoms with Crippen molar-refractivity contribution in [1.82, 2.24) is 0 Å². The number of aliphatic hydroxyl groups is 3. The van der Waals surface area contributed by atoms with E-state index in [9.17, 15) is 15.0 Å². The second-order valence-electron chi connectivity index (χ2n) is 4.40. The van der Waals surface area contributed by atoms with Gasteiger partial charge >= 0.3 is 0 Å². The van der Waals surface area contributed by atoms with Crippen LogP contribution in [0.25, 0.3) is 0 Å². The molecule has 0 aromatic rings. The predicted octanol–water partition coefficient (Wildman–Crippen LogP) is -3.75. The zero-order chi connectivity index (χ0) is 13.3. The molecule has 1 fully saturated rings. The maximum Gasteiger partial charge on any atom is 0.254 e. The molecular formula is C11H17N2O5+. The molecule has 2 heterocycles. The van der Waals surface area contributed by atoms with Gasteiger partial charge in [-0.05, 0) is 12.2 Å². The maximum atomic E-state index is 11.1. The first-order chi connectivity index (χ1) is 8.54. The number of rotatable bonds is 3. The summed E-state index contributed by atoms with van der Waals surface area (Å²) in [5.74, 6) is -0.560. The number of hydrogen-bond donors (Lipinski definition) is 5. The molecule has 2 rings (SSSR count). The molecule has 6 N–H and O–H groups in total. The maximum absolute atomic E-state index is 11.1. The van der Waals surface area contributed by atoms with Gasteiger partial charge in [0, 0.05) is 0 Å². The van der Waals surface area contributed by atoms with E-state index in [2.05, 4.69) is 0 Å². The van der Waals surface area contributed by atoms with Gasteiger partial charge in [-0.1, -0.05) is 0 Å². The molecule has 2 aliphatic heterocycles. The number of carbonyl (C=O) groups is 1. The lowest BCUT2D eigenvalue weighted by atomic mass is 10.1. The number of ether oxygens (including phenoxy) is 1. The van der Waals surface area contributed by atoms with Crippen molar-refractivity contribution in [1.29, 1.82) is 0 Å². The Labute approximate surface area is 104 Å². The normalized spacial score (nSPS) is 39.7. The Kier molecular flexibility index (Phi) is 3.79. The van der Waals surface area contributed by atoms with E-state index >= 15 is 0 Å². The van der Waals surface area contributed by atoms with Crippen molar-refractivity contribution in [2.75, 3.05) is 13.2 Å². The average Bonchev–Trinajstić information content (AvgIpc) is 2.66. The summed E-state index contributed by atoms with van der Waals surface area (Å²) in [5.41, 5.74) is 5.51. The smallest absolute Gasteiger partial charge is 0.254 e. The highest BCUT2D eigenvalue weighted by molar-refractivity contribution is 5.94. The SMILES string of the molecule is NC(=O)C1=C[NH+](C2OC(CO)C(O)C2O)CC=C1. The molecule has 5 unspecified atom stereocenters. The lowest BCUT2D eigenvalue weighted by molar-refractivity contribution is -0.897. The van der Waals surface area contributed by atoms with Gasteiger partial charge in [0.1, 0.15) is 25.0 Å². The minimum atomic E-state index is -1.14. The van der Waals surface area contributed by atoms with E-state index in [4.69, 9.17) is 15.6 Å². The molecule has 7 heteroatoms. The molecule has 0 aromatic heterocycles. The van der Waals surface area contributed by atoms with E-state index in [1.807, 2.05) is 0 Å². The quantitative estimate of drug-likeness (QED) is 0.356. The Hall–Kier alpha value is -1.25. The summed E-state index contributed by atoms with van der Waals surface area (Å²) in [5, 5.41) is 28.5. The number of hydrogen-bond acceptors (Lipinski definition) is 5. The lowest BCUT2D eigenvalue weighted by Crippen LogP contribution is -3.13. The van der Waals surface area contributed by atoms with E-state index in [0.29, 0.717) is 17.0 Å². The van der Waals surface area contributed by atoms with E-state index < -0.39 is 30.4 Å². The minimum Gasteiger partial charge on any atom is -0.394 e. The van der Waals surface area contributed by atoms with Gasteiger partial charge in [-0.15, -0.1) is 0 Å². The fourth-order valence-electron chi connectivity index (χ4n) is 2.19. The second-order valence-corrected chi connectivity index (χ2v) is 4.40. The Balaban J connectivity index is 2.13. The van der Waals surface area contributed by atoms with Gasteiger partial charge in [0.25, 0.3) is 5.91 Å². The molecule has 100 valence electrons. The molecule has 1 saturated heterocycles. The largest absolute Gasteiger partial charge is 0.394 e. The molecule has 0 radical (unpaired) electrons. The minimum absolute atomic E-state index is 0.328. The monoisotopic (exact) mass is 257 g/mol. The molecule has 0 saturated carbocycles. The van der Waals surface area contributed by atoms with Gasteiger partial charge in [0.05, 0.1) is 12.2 Å². The Morgan fingerprint density at radius 3 is 2.78 bits per heavy atom. The lowest BCUT2D eigenvalue weighted by Gasteiger charge is -2.24. The van der Waals surface area contributed by atoms with E-state index in [-0.39, 0.29) is 6.61 Å².